The predicted octanol–water partition coefficient (Wildman–Crippen LogP) is 7.30. The van der Waals surface area contributed by atoms with E-state index in [9.17, 15) is 9.18 Å². The number of nitrogens with one attached hydrogen (secondary N) is 2. The van der Waals surface area contributed by atoms with Crippen LogP contribution >= 0.6 is 11.6 Å². The van der Waals surface area contributed by atoms with E-state index in [0.717, 1.165) is 46.9 Å². The van der Waals surface area contributed by atoms with Crippen LogP contribution in [0.25, 0.3) is 16.9 Å². The first-order valence-electron chi connectivity index (χ1n) is 12.4. The monoisotopic (exact) mass is 527 g/mol. The minimum atomic E-state index is -0.533. The summed E-state index contributed by atoms with van der Waals surface area (Å²) in [6, 6.07) is 21.1. The van der Waals surface area contributed by atoms with Crippen molar-refractivity contribution < 1.29 is 9.18 Å². The molecule has 0 radical (unpaired) electrons. The van der Waals surface area contributed by atoms with Crippen molar-refractivity contribution in [3.63, 3.8) is 0 Å². The minimum absolute atomic E-state index is 0.0375. The number of hydrogen-bond donors (Lipinski definition) is 2. The zero-order valence-electron chi connectivity index (χ0n) is 20.9. The highest BCUT2D eigenvalue weighted by Crippen LogP contribution is 2.40. The van der Waals surface area contributed by atoms with E-state index in [-0.39, 0.29) is 23.1 Å². The first-order valence-corrected chi connectivity index (χ1v) is 12.8. The van der Waals surface area contributed by atoms with Gasteiger partial charge in [-0.2, -0.15) is 9.61 Å². The van der Waals surface area contributed by atoms with Crippen LogP contribution in [0.4, 0.5) is 15.9 Å². The van der Waals surface area contributed by atoms with Crippen molar-refractivity contribution in [2.45, 2.75) is 25.7 Å². The average molecular weight is 528 g/mol. The van der Waals surface area contributed by atoms with Gasteiger partial charge in [-0.3, -0.25) is 4.79 Å². The highest BCUT2D eigenvalue weighted by atomic mass is 35.5. The molecule has 192 valence electrons. The summed E-state index contributed by atoms with van der Waals surface area (Å²) >= 11 is 6.01. The summed E-state index contributed by atoms with van der Waals surface area (Å²) in [6.45, 7) is 5.03. The number of allylic oxidation sites excluding steroid dienone is 3. The first kappa shape index (κ1) is 25.4. The molecule has 5 rings (SSSR count). The minimum Gasteiger partial charge on any atom is -0.348 e. The number of amides is 1. The molecular weight excluding hydrogens is 501 g/mol. The highest BCUT2D eigenvalue weighted by Gasteiger charge is 2.27. The van der Waals surface area contributed by atoms with Gasteiger partial charge in [0.2, 0.25) is 0 Å². The molecule has 1 amide bonds. The maximum absolute atomic E-state index is 14.2. The van der Waals surface area contributed by atoms with E-state index in [2.05, 4.69) is 23.3 Å². The largest absolute Gasteiger partial charge is 0.348 e. The summed E-state index contributed by atoms with van der Waals surface area (Å²) in [5.41, 5.74) is 5.12. The summed E-state index contributed by atoms with van der Waals surface area (Å²) in [5, 5.41) is 11.2. The van der Waals surface area contributed by atoms with Crippen molar-refractivity contribution in [2.75, 3.05) is 11.9 Å². The molecule has 2 heterocycles. The number of benzene rings is 2. The Bertz CT molecular complexity index is 1550. The third-order valence-corrected chi connectivity index (χ3v) is 6.55. The van der Waals surface area contributed by atoms with Gasteiger partial charge in [-0.05, 0) is 50.1 Å². The van der Waals surface area contributed by atoms with Gasteiger partial charge in [-0.15, -0.1) is 0 Å². The quantitative estimate of drug-likeness (QED) is 0.224. The Balaban J connectivity index is 1.36. The standard InChI is InChI=1S/C30H27ClFN5O/c1-3-7-25(32)24(19(2)31)18-33-30(38)22-12-14-23(15-13-22)34-28-16-26(20-8-5-4-6-9-20)35-29-17-27(21-10-11-21)36-37(28)29/h3-9,12-17,21,34H,1,10-11,18H2,2H3,(H,33,38)/b24-19+,25-7+. The van der Waals surface area contributed by atoms with Crippen LogP contribution in [0.5, 0.6) is 0 Å². The highest BCUT2D eigenvalue weighted by molar-refractivity contribution is 6.29. The van der Waals surface area contributed by atoms with E-state index in [1.54, 1.807) is 19.1 Å². The lowest BCUT2D eigenvalue weighted by atomic mass is 10.1. The van der Waals surface area contributed by atoms with Crippen LogP contribution < -0.4 is 10.6 Å². The Morgan fingerprint density at radius 3 is 2.55 bits per heavy atom. The molecule has 0 aliphatic heterocycles. The number of rotatable bonds is 9. The van der Waals surface area contributed by atoms with Crippen molar-refractivity contribution in [3.8, 4) is 11.3 Å². The molecule has 1 saturated carbocycles. The molecule has 0 bridgehead atoms. The summed E-state index contributed by atoms with van der Waals surface area (Å²) in [5.74, 6) is 0.405. The molecule has 2 aromatic heterocycles. The van der Waals surface area contributed by atoms with Gasteiger partial charge in [-0.1, -0.05) is 54.6 Å². The van der Waals surface area contributed by atoms with Gasteiger partial charge in [0.05, 0.1) is 11.4 Å². The topological polar surface area (TPSA) is 71.3 Å². The number of carbonyl (C=O) groups excluding carboxylic acids is 1. The van der Waals surface area contributed by atoms with Gasteiger partial charge in [0, 0.05) is 52.0 Å². The average Bonchev–Trinajstić information content (AvgIpc) is 3.68. The molecule has 0 saturated heterocycles. The van der Waals surface area contributed by atoms with Crippen LogP contribution in [-0.2, 0) is 0 Å². The molecule has 1 aliphatic rings. The van der Waals surface area contributed by atoms with Crippen molar-refractivity contribution >= 4 is 34.7 Å². The molecule has 6 nitrogen and oxygen atoms in total. The van der Waals surface area contributed by atoms with E-state index in [0.29, 0.717) is 11.5 Å². The Labute approximate surface area is 225 Å². The second-order valence-corrected chi connectivity index (χ2v) is 9.72. The number of anilines is 2. The van der Waals surface area contributed by atoms with Gasteiger partial charge in [0.25, 0.3) is 5.91 Å². The molecule has 0 unspecified atom stereocenters. The number of aromatic nitrogens is 3. The molecule has 0 spiro atoms. The fraction of sp³-hybridized carbons (Fsp3) is 0.167. The predicted molar refractivity (Wildman–Crippen MR) is 150 cm³/mol. The molecule has 4 aromatic rings. The number of fused-ring (bicyclic) bond motifs is 1. The zero-order valence-corrected chi connectivity index (χ0v) is 21.7. The fourth-order valence-corrected chi connectivity index (χ4v) is 4.27. The number of nitrogens with zero attached hydrogens (tertiary/aromatic N) is 3. The molecule has 1 aliphatic carbocycles. The first-order chi connectivity index (χ1) is 18.4. The van der Waals surface area contributed by atoms with Gasteiger partial charge in [-0.25, -0.2) is 9.37 Å². The molecule has 2 N–H and O–H groups in total. The Hall–Kier alpha value is -4.23. The third-order valence-electron chi connectivity index (χ3n) is 6.32. The van der Waals surface area contributed by atoms with Crippen LogP contribution in [0.2, 0.25) is 0 Å². The number of halogens is 2. The second kappa shape index (κ2) is 11.0. The smallest absolute Gasteiger partial charge is 0.251 e. The molecular formula is C30H27ClFN5O. The summed E-state index contributed by atoms with van der Waals surface area (Å²) in [4.78, 5) is 17.5. The Morgan fingerprint density at radius 1 is 1.16 bits per heavy atom. The van der Waals surface area contributed by atoms with E-state index in [4.69, 9.17) is 21.7 Å². The van der Waals surface area contributed by atoms with Crippen molar-refractivity contribution in [2.24, 2.45) is 0 Å². The zero-order chi connectivity index (χ0) is 26.6. The van der Waals surface area contributed by atoms with Crippen LogP contribution in [0.15, 0.2) is 102 Å². The van der Waals surface area contributed by atoms with Gasteiger partial charge >= 0.3 is 0 Å². The van der Waals surface area contributed by atoms with Gasteiger partial charge < -0.3 is 10.6 Å². The fourth-order valence-electron chi connectivity index (χ4n) is 4.12. The number of carbonyl (C=O) groups is 1. The summed E-state index contributed by atoms with van der Waals surface area (Å²) in [7, 11) is 0. The molecule has 1 fully saturated rings. The van der Waals surface area contributed by atoms with Crippen LogP contribution in [0, 0.1) is 0 Å². The molecule has 2 aromatic carbocycles. The Kier molecular flexibility index (Phi) is 7.38. The van der Waals surface area contributed by atoms with Crippen LogP contribution in [0.3, 0.4) is 0 Å². The molecule has 8 heteroatoms. The number of hydrogen-bond acceptors (Lipinski definition) is 4. The Morgan fingerprint density at radius 2 is 1.89 bits per heavy atom. The lowest BCUT2D eigenvalue weighted by molar-refractivity contribution is 0.0957. The summed E-state index contributed by atoms with van der Waals surface area (Å²) < 4.78 is 16.0. The lowest BCUT2D eigenvalue weighted by Gasteiger charge is -2.12. The normalized spacial score (nSPS) is 14.2. The van der Waals surface area contributed by atoms with Crippen LogP contribution in [0.1, 0.15) is 41.7 Å². The van der Waals surface area contributed by atoms with Gasteiger partial charge in [0.15, 0.2) is 5.65 Å². The maximum atomic E-state index is 14.2. The van der Waals surface area contributed by atoms with E-state index in [1.807, 2.05) is 53.0 Å². The summed E-state index contributed by atoms with van der Waals surface area (Å²) in [6.07, 6.45) is 4.85. The van der Waals surface area contributed by atoms with Crippen molar-refractivity contribution in [1.29, 1.82) is 0 Å². The van der Waals surface area contributed by atoms with Crippen molar-refractivity contribution in [1.82, 2.24) is 19.9 Å². The second-order valence-electron chi connectivity index (χ2n) is 9.15. The van der Waals surface area contributed by atoms with E-state index >= 15 is 0 Å². The van der Waals surface area contributed by atoms with E-state index in [1.165, 1.54) is 12.2 Å². The van der Waals surface area contributed by atoms with E-state index < -0.39 is 5.83 Å². The maximum Gasteiger partial charge on any atom is 0.251 e. The lowest BCUT2D eigenvalue weighted by Crippen LogP contribution is -2.26. The van der Waals surface area contributed by atoms with Gasteiger partial charge in [0.1, 0.15) is 11.6 Å². The van der Waals surface area contributed by atoms with Crippen LogP contribution in [-0.4, -0.2) is 27.0 Å². The SMILES string of the molecule is C=C/C=C(F)\C(CNC(=O)c1ccc(Nc2cc(-c3ccccc3)nc3cc(C4CC4)nn23)cc1)=C(/C)Cl. The molecule has 0 atom stereocenters. The van der Waals surface area contributed by atoms with Crippen molar-refractivity contribution in [3.05, 3.63) is 113 Å². The third kappa shape index (κ3) is 5.68. The molecule has 38 heavy (non-hydrogen) atoms.